The Kier molecular flexibility index (Phi) is 16.9. The molecule has 0 saturated heterocycles. The van der Waals surface area contributed by atoms with Crippen molar-refractivity contribution in [3.8, 4) is 0 Å². The molecular weight excluding hydrogens is 521 g/mol. The van der Waals surface area contributed by atoms with Crippen molar-refractivity contribution < 1.29 is 32.5 Å². The Balaban J connectivity index is 1.82. The van der Waals surface area contributed by atoms with E-state index in [9.17, 15) is 4.79 Å². The molecule has 0 saturated carbocycles. The first-order valence-electron chi connectivity index (χ1n) is 11.2. The Morgan fingerprint density at radius 2 is 1.37 bits per heavy atom. The van der Waals surface area contributed by atoms with Crippen LogP contribution in [0, 0.1) is 0 Å². The Labute approximate surface area is 180 Å². The summed E-state index contributed by atoms with van der Waals surface area (Å²) in [5.74, 6) is 0.0261. The summed E-state index contributed by atoms with van der Waals surface area (Å²) in [6.07, 6.45) is 22.0. The van der Waals surface area contributed by atoms with Gasteiger partial charge in [-0.25, -0.2) is 0 Å². The Morgan fingerprint density at radius 1 is 0.815 bits per heavy atom. The van der Waals surface area contributed by atoms with Crippen molar-refractivity contribution in [2.24, 2.45) is 0 Å². The van der Waals surface area contributed by atoms with Crippen LogP contribution in [0.2, 0.25) is 0 Å². The van der Waals surface area contributed by atoms with Gasteiger partial charge in [0.15, 0.2) is 0 Å². The zero-order chi connectivity index (χ0) is 19.4. The summed E-state index contributed by atoms with van der Waals surface area (Å²) in [6, 6.07) is 10.2. The second kappa shape index (κ2) is 18.7. The maximum absolute atomic E-state index is 11.8. The van der Waals surface area contributed by atoms with Crippen LogP contribution in [0.1, 0.15) is 96.8 Å². The molecule has 0 N–H and O–H groups in total. The Hall–Kier alpha value is -0.635. The molecule has 0 bridgehead atoms. The van der Waals surface area contributed by atoms with Gasteiger partial charge in [0.1, 0.15) is 0 Å². The predicted molar refractivity (Wildman–Crippen MR) is 112 cm³/mol. The SMILES string of the molecule is CCCCCCCC/C=C/CCCCCCCC(=O)[O][Hg][c]1ccccc1. The van der Waals surface area contributed by atoms with Crippen LogP contribution in [-0.4, -0.2) is 5.97 Å². The first kappa shape index (κ1) is 24.4. The van der Waals surface area contributed by atoms with Crippen LogP contribution in [0.4, 0.5) is 0 Å². The van der Waals surface area contributed by atoms with Gasteiger partial charge in [0.05, 0.1) is 0 Å². The maximum atomic E-state index is 11.8. The zero-order valence-corrected chi connectivity index (χ0v) is 23.0. The van der Waals surface area contributed by atoms with Crippen molar-refractivity contribution in [3.63, 3.8) is 0 Å². The summed E-state index contributed by atoms with van der Waals surface area (Å²) in [5, 5.41) is 0. The summed E-state index contributed by atoms with van der Waals surface area (Å²) in [7, 11) is 0. The van der Waals surface area contributed by atoms with Gasteiger partial charge in [0, 0.05) is 0 Å². The number of carbonyl (C=O) groups is 1. The first-order valence-corrected chi connectivity index (χ1v) is 16.2. The molecule has 27 heavy (non-hydrogen) atoms. The van der Waals surface area contributed by atoms with E-state index in [-0.39, 0.29) is 5.97 Å². The van der Waals surface area contributed by atoms with Gasteiger partial charge < -0.3 is 0 Å². The number of rotatable bonds is 17. The molecule has 0 aliphatic heterocycles. The first-order chi connectivity index (χ1) is 13.3. The topological polar surface area (TPSA) is 26.3 Å². The molecule has 1 aromatic rings. The van der Waals surface area contributed by atoms with E-state index >= 15 is 0 Å². The second-order valence-electron chi connectivity index (χ2n) is 7.48. The van der Waals surface area contributed by atoms with Crippen molar-refractivity contribution in [2.75, 3.05) is 0 Å². The van der Waals surface area contributed by atoms with Crippen LogP contribution in [0.5, 0.6) is 0 Å². The van der Waals surface area contributed by atoms with Crippen molar-refractivity contribution in [2.45, 2.75) is 96.8 Å². The van der Waals surface area contributed by atoms with E-state index in [1.165, 1.54) is 73.7 Å². The summed E-state index contributed by atoms with van der Waals surface area (Å²) in [4.78, 5) is 11.8. The van der Waals surface area contributed by atoms with Crippen molar-refractivity contribution in [1.29, 1.82) is 0 Å². The van der Waals surface area contributed by atoms with E-state index in [2.05, 4.69) is 31.2 Å². The molecule has 0 aliphatic carbocycles. The minimum atomic E-state index is -1.65. The summed E-state index contributed by atoms with van der Waals surface area (Å²) >= 11 is -1.65. The molecule has 0 unspecified atom stereocenters. The molecule has 148 valence electrons. The van der Waals surface area contributed by atoms with E-state index in [4.69, 9.17) is 2.64 Å². The molecule has 1 aromatic carbocycles. The van der Waals surface area contributed by atoms with Gasteiger partial charge in [-0.05, 0) is 6.42 Å². The quantitative estimate of drug-likeness (QED) is 0.118. The third-order valence-corrected chi connectivity index (χ3v) is 9.83. The van der Waals surface area contributed by atoms with E-state index in [1.54, 1.807) is 0 Å². The second-order valence-corrected chi connectivity index (χ2v) is 12.9. The van der Waals surface area contributed by atoms with E-state index in [0.29, 0.717) is 6.42 Å². The molecule has 0 heterocycles. The number of benzene rings is 1. The van der Waals surface area contributed by atoms with Crippen LogP contribution in [-0.2, 0) is 32.5 Å². The molecule has 0 spiro atoms. The number of carbonyl (C=O) groups excluding carboxylic acids is 1. The van der Waals surface area contributed by atoms with Gasteiger partial charge in [-0.2, -0.15) is 0 Å². The van der Waals surface area contributed by atoms with E-state index in [0.717, 1.165) is 12.8 Å². The van der Waals surface area contributed by atoms with E-state index < -0.39 is 25.0 Å². The summed E-state index contributed by atoms with van der Waals surface area (Å²) in [5.41, 5.74) is 0. The van der Waals surface area contributed by atoms with Crippen molar-refractivity contribution in [1.82, 2.24) is 0 Å². The van der Waals surface area contributed by atoms with Crippen LogP contribution in [0.25, 0.3) is 0 Å². The zero-order valence-electron chi connectivity index (χ0n) is 17.5. The molecule has 1 rings (SSSR count). The number of hydrogen-bond donors (Lipinski definition) is 0. The Morgan fingerprint density at radius 3 is 2.00 bits per heavy atom. The minimum absolute atomic E-state index is 0.0261. The average molecular weight is 559 g/mol. The fourth-order valence-corrected chi connectivity index (χ4v) is 6.79. The molecule has 0 aliphatic rings. The normalized spacial score (nSPS) is 10.9. The van der Waals surface area contributed by atoms with Crippen LogP contribution in [0.3, 0.4) is 0 Å². The van der Waals surface area contributed by atoms with Gasteiger partial charge in [-0.3, -0.25) is 0 Å². The third-order valence-electron chi connectivity index (χ3n) is 4.89. The molecule has 0 radical (unpaired) electrons. The third kappa shape index (κ3) is 16.1. The van der Waals surface area contributed by atoms with Crippen LogP contribution in [0.15, 0.2) is 42.5 Å². The molecule has 0 atom stereocenters. The number of unbranched alkanes of at least 4 members (excludes halogenated alkanes) is 11. The number of allylic oxidation sites excluding steroid dienone is 2. The van der Waals surface area contributed by atoms with Crippen molar-refractivity contribution >= 4 is 9.04 Å². The fraction of sp³-hybridized carbons (Fsp3) is 0.625. The van der Waals surface area contributed by atoms with Gasteiger partial charge in [0.2, 0.25) is 0 Å². The summed E-state index contributed by atoms with van der Waals surface area (Å²) < 4.78 is 6.79. The number of hydrogen-bond acceptors (Lipinski definition) is 2. The molecule has 2 nitrogen and oxygen atoms in total. The molecule has 0 amide bonds. The van der Waals surface area contributed by atoms with Gasteiger partial charge in [0.25, 0.3) is 0 Å². The fourth-order valence-electron chi connectivity index (χ4n) is 3.15. The molecule has 0 aromatic heterocycles. The van der Waals surface area contributed by atoms with Gasteiger partial charge >= 0.3 is 135 Å². The predicted octanol–water partition coefficient (Wildman–Crippen LogP) is 6.89. The van der Waals surface area contributed by atoms with Gasteiger partial charge in [-0.15, -0.1) is 0 Å². The van der Waals surface area contributed by atoms with Crippen LogP contribution >= 0.6 is 0 Å². The standard InChI is InChI=1S/C18H34O2.C6H5.Hg/c1-2-3-4-5-6-7-8-9-10-11-12-13-14-15-16-17-18(19)20;1-2-4-6-5-3-1;/h9-10H,2-8,11-17H2,1H3,(H,19,20);1-5H;/q;;+1/p-1/b10-9+;;. The Bertz CT molecular complexity index is 484. The van der Waals surface area contributed by atoms with Gasteiger partial charge in [-0.1, -0.05) is 39.0 Å². The monoisotopic (exact) mass is 560 g/mol. The molecular formula is C24H38HgO2. The molecule has 3 heteroatoms. The summed E-state index contributed by atoms with van der Waals surface area (Å²) in [6.45, 7) is 2.27. The molecule has 0 fully saturated rings. The van der Waals surface area contributed by atoms with Crippen molar-refractivity contribution in [3.05, 3.63) is 42.5 Å². The average Bonchev–Trinajstić information content (AvgIpc) is 2.70. The van der Waals surface area contributed by atoms with E-state index in [1.807, 2.05) is 18.2 Å². The van der Waals surface area contributed by atoms with Crippen LogP contribution < -0.4 is 3.07 Å².